The Morgan fingerprint density at radius 2 is 2.29 bits per heavy atom. The predicted molar refractivity (Wildman–Crippen MR) is 68.0 cm³/mol. The molecule has 0 spiro atoms. The van der Waals surface area contributed by atoms with Crippen LogP contribution in [0.2, 0.25) is 0 Å². The van der Waals surface area contributed by atoms with E-state index in [1.807, 2.05) is 6.20 Å². The van der Waals surface area contributed by atoms with Gasteiger partial charge in [-0.1, -0.05) is 0 Å². The fraction of sp³-hybridized carbons (Fsp3) is 0.769. The lowest BCUT2D eigenvalue weighted by Crippen LogP contribution is -2.29. The van der Waals surface area contributed by atoms with E-state index in [4.69, 9.17) is 4.74 Å². The molecule has 0 amide bonds. The van der Waals surface area contributed by atoms with Crippen LogP contribution in [0.4, 0.5) is 0 Å². The zero-order valence-electron chi connectivity index (χ0n) is 10.7. The van der Waals surface area contributed by atoms with Crippen LogP contribution in [-0.2, 0) is 17.7 Å². The minimum atomic E-state index is 0.812. The molecule has 0 unspecified atom stereocenters. The number of aryl methyl sites for hydroxylation is 1. The van der Waals surface area contributed by atoms with Crippen molar-refractivity contribution in [1.29, 1.82) is 0 Å². The van der Waals surface area contributed by atoms with Crippen molar-refractivity contribution in [2.45, 2.75) is 32.2 Å². The predicted octanol–water partition coefficient (Wildman–Crippen LogP) is 1.46. The van der Waals surface area contributed by atoms with Gasteiger partial charge in [-0.25, -0.2) is 0 Å². The second-order valence-corrected chi connectivity index (χ2v) is 4.79. The molecule has 2 heterocycles. The Bertz CT molecular complexity index is 318. The van der Waals surface area contributed by atoms with Crippen LogP contribution in [-0.4, -0.2) is 36.6 Å². The summed E-state index contributed by atoms with van der Waals surface area (Å²) in [5.41, 5.74) is 1.38. The first-order chi connectivity index (χ1) is 8.40. The molecule has 17 heavy (non-hydrogen) atoms. The Balaban J connectivity index is 1.84. The molecule has 1 aromatic rings. The van der Waals surface area contributed by atoms with Crippen LogP contribution in [0.15, 0.2) is 12.3 Å². The van der Waals surface area contributed by atoms with E-state index in [0.717, 1.165) is 25.5 Å². The van der Waals surface area contributed by atoms with Gasteiger partial charge in [0.1, 0.15) is 0 Å². The van der Waals surface area contributed by atoms with Gasteiger partial charge in [-0.3, -0.25) is 4.68 Å². The van der Waals surface area contributed by atoms with Gasteiger partial charge >= 0.3 is 0 Å². The van der Waals surface area contributed by atoms with E-state index in [1.54, 1.807) is 7.11 Å². The van der Waals surface area contributed by atoms with Crippen LogP contribution in [0, 0.1) is 5.92 Å². The van der Waals surface area contributed by atoms with Gasteiger partial charge in [0.15, 0.2) is 0 Å². The van der Waals surface area contributed by atoms with Gasteiger partial charge in [-0.05, 0) is 50.8 Å². The topological polar surface area (TPSA) is 39.1 Å². The Kier molecular flexibility index (Phi) is 5.01. The normalized spacial score (nSPS) is 17.5. The molecule has 96 valence electrons. The molecule has 1 fully saturated rings. The van der Waals surface area contributed by atoms with Crippen LogP contribution in [0.1, 0.15) is 25.0 Å². The fourth-order valence-corrected chi connectivity index (χ4v) is 2.48. The molecule has 0 saturated carbocycles. The largest absolute Gasteiger partial charge is 0.385 e. The van der Waals surface area contributed by atoms with Crippen molar-refractivity contribution in [3.05, 3.63) is 18.0 Å². The van der Waals surface area contributed by atoms with E-state index in [0.29, 0.717) is 0 Å². The number of nitrogens with zero attached hydrogens (tertiary/aromatic N) is 2. The third kappa shape index (κ3) is 3.82. The van der Waals surface area contributed by atoms with Gasteiger partial charge in [0, 0.05) is 32.2 Å². The molecule has 4 nitrogen and oxygen atoms in total. The highest BCUT2D eigenvalue weighted by Gasteiger charge is 2.15. The van der Waals surface area contributed by atoms with Crippen LogP contribution in [0.3, 0.4) is 0 Å². The molecule has 2 rings (SSSR count). The molecular weight excluding hydrogens is 214 g/mol. The quantitative estimate of drug-likeness (QED) is 0.761. The van der Waals surface area contributed by atoms with Crippen molar-refractivity contribution >= 4 is 0 Å². The lowest BCUT2D eigenvalue weighted by Gasteiger charge is -2.22. The smallest absolute Gasteiger partial charge is 0.0492 e. The van der Waals surface area contributed by atoms with Crippen LogP contribution < -0.4 is 5.32 Å². The molecule has 1 aliphatic heterocycles. The van der Waals surface area contributed by atoms with Crippen molar-refractivity contribution in [2.75, 3.05) is 26.8 Å². The molecular formula is C13H23N3O. The zero-order valence-corrected chi connectivity index (χ0v) is 10.7. The minimum absolute atomic E-state index is 0.812. The van der Waals surface area contributed by atoms with Gasteiger partial charge in [-0.15, -0.1) is 0 Å². The second kappa shape index (κ2) is 6.77. The number of hydrogen-bond acceptors (Lipinski definition) is 3. The summed E-state index contributed by atoms with van der Waals surface area (Å²) in [6, 6.07) is 2.16. The highest BCUT2D eigenvalue weighted by atomic mass is 16.5. The number of aromatic nitrogens is 2. The second-order valence-electron chi connectivity index (χ2n) is 4.79. The Labute approximate surface area is 103 Å². The van der Waals surface area contributed by atoms with E-state index in [-0.39, 0.29) is 0 Å². The summed E-state index contributed by atoms with van der Waals surface area (Å²) < 4.78 is 7.22. The number of methoxy groups -OCH3 is 1. The van der Waals surface area contributed by atoms with Gasteiger partial charge in [0.25, 0.3) is 0 Å². The van der Waals surface area contributed by atoms with Gasteiger partial charge in [0.2, 0.25) is 0 Å². The molecule has 1 aromatic heterocycles. The summed E-state index contributed by atoms with van der Waals surface area (Å²) >= 11 is 0. The maximum atomic E-state index is 5.08. The summed E-state index contributed by atoms with van der Waals surface area (Å²) in [5, 5.41) is 7.81. The monoisotopic (exact) mass is 237 g/mol. The van der Waals surface area contributed by atoms with Gasteiger partial charge < -0.3 is 10.1 Å². The maximum Gasteiger partial charge on any atom is 0.0492 e. The number of piperidine rings is 1. The third-order valence-electron chi connectivity index (χ3n) is 3.48. The summed E-state index contributed by atoms with van der Waals surface area (Å²) in [6.45, 7) is 4.12. The number of rotatable bonds is 6. The summed E-state index contributed by atoms with van der Waals surface area (Å²) in [4.78, 5) is 0. The molecule has 1 N–H and O–H groups in total. The van der Waals surface area contributed by atoms with E-state index in [2.05, 4.69) is 21.2 Å². The zero-order chi connectivity index (χ0) is 11.9. The summed E-state index contributed by atoms with van der Waals surface area (Å²) in [5.74, 6) is 0.828. The number of hydrogen-bond donors (Lipinski definition) is 1. The van der Waals surface area contributed by atoms with Crippen molar-refractivity contribution in [2.24, 2.45) is 5.92 Å². The van der Waals surface area contributed by atoms with Crippen LogP contribution in [0.5, 0.6) is 0 Å². The van der Waals surface area contributed by atoms with Crippen LogP contribution in [0.25, 0.3) is 0 Å². The summed E-state index contributed by atoms with van der Waals surface area (Å²) in [7, 11) is 1.75. The van der Waals surface area contributed by atoms with E-state index in [9.17, 15) is 0 Å². The van der Waals surface area contributed by atoms with Crippen molar-refractivity contribution in [3.8, 4) is 0 Å². The molecule has 4 heteroatoms. The van der Waals surface area contributed by atoms with E-state index >= 15 is 0 Å². The van der Waals surface area contributed by atoms with E-state index < -0.39 is 0 Å². The van der Waals surface area contributed by atoms with Crippen molar-refractivity contribution in [1.82, 2.24) is 15.1 Å². The molecule has 0 aliphatic carbocycles. The Morgan fingerprint density at radius 3 is 3.06 bits per heavy atom. The Hall–Kier alpha value is -0.870. The lowest BCUT2D eigenvalue weighted by molar-refractivity contribution is 0.188. The average molecular weight is 237 g/mol. The van der Waals surface area contributed by atoms with Crippen molar-refractivity contribution < 1.29 is 4.74 Å². The molecule has 1 aliphatic rings. The fourth-order valence-electron chi connectivity index (χ4n) is 2.48. The van der Waals surface area contributed by atoms with Gasteiger partial charge in [0.05, 0.1) is 0 Å². The first kappa shape index (κ1) is 12.6. The van der Waals surface area contributed by atoms with Crippen LogP contribution >= 0.6 is 0 Å². The van der Waals surface area contributed by atoms with Crippen molar-refractivity contribution in [3.63, 3.8) is 0 Å². The number of ether oxygens (including phenoxy) is 1. The first-order valence-corrected chi connectivity index (χ1v) is 6.60. The Morgan fingerprint density at radius 1 is 1.47 bits per heavy atom. The molecule has 1 saturated heterocycles. The average Bonchev–Trinajstić information content (AvgIpc) is 2.79. The minimum Gasteiger partial charge on any atom is -0.385 e. The maximum absolute atomic E-state index is 5.08. The number of nitrogens with one attached hydrogen (secondary N) is 1. The molecule has 0 radical (unpaired) electrons. The van der Waals surface area contributed by atoms with E-state index in [1.165, 1.54) is 38.0 Å². The van der Waals surface area contributed by atoms with Gasteiger partial charge in [-0.2, -0.15) is 5.10 Å². The SMILES string of the molecule is COCCCn1nccc1CC1CCNCC1. The highest BCUT2D eigenvalue weighted by molar-refractivity contribution is 5.02. The standard InChI is InChI=1S/C13H23N3O/c1-17-10-2-9-16-13(5-8-15-16)11-12-3-6-14-7-4-12/h5,8,12,14H,2-4,6-7,9-11H2,1H3. The third-order valence-corrected chi connectivity index (χ3v) is 3.48. The lowest BCUT2D eigenvalue weighted by atomic mass is 9.93. The first-order valence-electron chi connectivity index (χ1n) is 6.60. The molecule has 0 bridgehead atoms. The molecule has 0 atom stereocenters. The molecule has 0 aromatic carbocycles. The summed E-state index contributed by atoms with van der Waals surface area (Å²) in [6.07, 6.45) is 6.72. The highest BCUT2D eigenvalue weighted by Crippen LogP contribution is 2.17.